The molecule has 0 aliphatic rings. The van der Waals surface area contributed by atoms with E-state index >= 15 is 0 Å². The van der Waals surface area contributed by atoms with Crippen LogP contribution in [0.5, 0.6) is 0 Å². The molecule has 1 atom stereocenters. The maximum Gasteiger partial charge on any atom is 0.319 e. The minimum atomic E-state index is -0.343. The third kappa shape index (κ3) is 6.82. The zero-order valence-corrected chi connectivity index (χ0v) is 13.0. The molecule has 4 nitrogen and oxygen atoms in total. The van der Waals surface area contributed by atoms with E-state index in [1.165, 1.54) is 5.56 Å². The van der Waals surface area contributed by atoms with E-state index in [9.17, 15) is 9.90 Å². The van der Waals surface area contributed by atoms with Crippen LogP contribution < -0.4 is 10.6 Å². The highest BCUT2D eigenvalue weighted by Crippen LogP contribution is 2.16. The zero-order chi connectivity index (χ0) is 14.8. The van der Waals surface area contributed by atoms with Crippen molar-refractivity contribution in [2.45, 2.75) is 38.5 Å². The van der Waals surface area contributed by atoms with Crippen molar-refractivity contribution in [1.29, 1.82) is 0 Å². The number of aliphatic hydroxyl groups is 1. The number of aliphatic hydroxyl groups excluding tert-OH is 1. The molecular weight excluding hydrogens is 272 g/mol. The first-order chi connectivity index (χ1) is 9.65. The van der Waals surface area contributed by atoms with Gasteiger partial charge >= 0.3 is 6.03 Å². The van der Waals surface area contributed by atoms with Crippen LogP contribution in [0.2, 0.25) is 0 Å². The molecule has 0 aliphatic heterocycles. The van der Waals surface area contributed by atoms with Gasteiger partial charge in [0, 0.05) is 18.0 Å². The Kier molecular flexibility index (Phi) is 8.14. The summed E-state index contributed by atoms with van der Waals surface area (Å²) in [6, 6.07) is 7.64. The van der Waals surface area contributed by atoms with E-state index in [0.717, 1.165) is 17.2 Å². The van der Waals surface area contributed by atoms with Gasteiger partial charge in [0.25, 0.3) is 0 Å². The maximum absolute atomic E-state index is 11.7. The molecule has 0 saturated heterocycles. The van der Waals surface area contributed by atoms with Crippen LogP contribution in [0.3, 0.4) is 0 Å². The van der Waals surface area contributed by atoms with Gasteiger partial charge < -0.3 is 15.7 Å². The van der Waals surface area contributed by atoms with Crippen molar-refractivity contribution in [2.24, 2.45) is 0 Å². The fourth-order valence-corrected chi connectivity index (χ4v) is 2.31. The standard InChI is InChI=1S/C15H24N2O2S/c1-3-14(18)8-9-16-15(19)17-13-7-5-6-12(10-13)11-20-4-2/h5-7,10,14,18H,3-4,8-9,11H2,1-2H3,(H2,16,17,19). The summed E-state index contributed by atoms with van der Waals surface area (Å²) in [5.41, 5.74) is 2.00. The topological polar surface area (TPSA) is 61.4 Å². The maximum atomic E-state index is 11.7. The van der Waals surface area contributed by atoms with E-state index < -0.39 is 0 Å². The number of anilines is 1. The Labute approximate surface area is 125 Å². The molecule has 5 heteroatoms. The third-order valence-electron chi connectivity index (χ3n) is 2.89. The molecule has 0 heterocycles. The van der Waals surface area contributed by atoms with Crippen LogP contribution in [0.15, 0.2) is 24.3 Å². The van der Waals surface area contributed by atoms with Crippen LogP contribution in [-0.4, -0.2) is 29.5 Å². The smallest absolute Gasteiger partial charge is 0.319 e. The zero-order valence-electron chi connectivity index (χ0n) is 12.2. The molecule has 1 aromatic carbocycles. The molecule has 1 rings (SSSR count). The van der Waals surface area contributed by atoms with Crippen LogP contribution >= 0.6 is 11.8 Å². The SMILES string of the molecule is CCSCc1cccc(NC(=O)NCCC(O)CC)c1. The largest absolute Gasteiger partial charge is 0.393 e. The van der Waals surface area contributed by atoms with Gasteiger partial charge in [0.2, 0.25) is 0 Å². The molecule has 0 aromatic heterocycles. The first-order valence-corrected chi connectivity index (χ1v) is 8.20. The lowest BCUT2D eigenvalue weighted by molar-refractivity contribution is 0.160. The van der Waals surface area contributed by atoms with Crippen LogP contribution in [0, 0.1) is 0 Å². The number of hydrogen-bond donors (Lipinski definition) is 3. The Hall–Kier alpha value is -1.20. The summed E-state index contributed by atoms with van der Waals surface area (Å²) in [5.74, 6) is 2.04. The van der Waals surface area contributed by atoms with E-state index in [1.807, 2.05) is 36.9 Å². The number of urea groups is 1. The van der Waals surface area contributed by atoms with Crippen molar-refractivity contribution < 1.29 is 9.90 Å². The van der Waals surface area contributed by atoms with Crippen molar-refractivity contribution in [2.75, 3.05) is 17.6 Å². The van der Waals surface area contributed by atoms with Crippen molar-refractivity contribution in [1.82, 2.24) is 5.32 Å². The summed E-state index contributed by atoms with van der Waals surface area (Å²) in [6.45, 7) is 4.53. The Bertz CT molecular complexity index is 413. The fraction of sp³-hybridized carbons (Fsp3) is 0.533. The second-order valence-electron chi connectivity index (χ2n) is 4.57. The Morgan fingerprint density at radius 1 is 1.40 bits per heavy atom. The molecular formula is C15H24N2O2S. The van der Waals surface area contributed by atoms with Gasteiger partial charge in [0.05, 0.1) is 6.10 Å². The van der Waals surface area contributed by atoms with Gasteiger partial charge in [0.1, 0.15) is 0 Å². The lowest BCUT2D eigenvalue weighted by Crippen LogP contribution is -2.31. The van der Waals surface area contributed by atoms with Gasteiger partial charge in [-0.15, -0.1) is 0 Å². The van der Waals surface area contributed by atoms with E-state index in [2.05, 4.69) is 23.6 Å². The van der Waals surface area contributed by atoms with Gasteiger partial charge in [-0.25, -0.2) is 4.79 Å². The van der Waals surface area contributed by atoms with E-state index in [1.54, 1.807) is 0 Å². The summed E-state index contributed by atoms with van der Waals surface area (Å²) in [4.78, 5) is 11.7. The van der Waals surface area contributed by atoms with E-state index in [-0.39, 0.29) is 12.1 Å². The molecule has 2 amide bonds. The predicted molar refractivity (Wildman–Crippen MR) is 86.2 cm³/mol. The quantitative estimate of drug-likeness (QED) is 0.690. The molecule has 0 radical (unpaired) electrons. The molecule has 0 saturated carbocycles. The second kappa shape index (κ2) is 9.66. The number of rotatable bonds is 8. The first kappa shape index (κ1) is 16.9. The molecule has 1 aromatic rings. The molecule has 1 unspecified atom stereocenters. The molecule has 3 N–H and O–H groups in total. The van der Waals surface area contributed by atoms with Crippen molar-refractivity contribution in [3.8, 4) is 0 Å². The van der Waals surface area contributed by atoms with Crippen LogP contribution in [0.1, 0.15) is 32.3 Å². The van der Waals surface area contributed by atoms with Crippen LogP contribution in [-0.2, 0) is 5.75 Å². The number of benzene rings is 1. The highest BCUT2D eigenvalue weighted by Gasteiger charge is 2.04. The van der Waals surface area contributed by atoms with Gasteiger partial charge in [0.15, 0.2) is 0 Å². The van der Waals surface area contributed by atoms with Gasteiger partial charge in [-0.3, -0.25) is 0 Å². The normalized spacial score (nSPS) is 11.9. The van der Waals surface area contributed by atoms with Crippen molar-refractivity contribution in [3.63, 3.8) is 0 Å². The molecule has 0 aliphatic carbocycles. The molecule has 20 heavy (non-hydrogen) atoms. The highest BCUT2D eigenvalue weighted by molar-refractivity contribution is 7.98. The van der Waals surface area contributed by atoms with Gasteiger partial charge in [-0.05, 0) is 36.3 Å². The molecule has 0 spiro atoms. The summed E-state index contributed by atoms with van der Waals surface area (Å²) >= 11 is 1.85. The van der Waals surface area contributed by atoms with Crippen molar-refractivity contribution >= 4 is 23.5 Å². The average Bonchev–Trinajstić information content (AvgIpc) is 2.45. The molecule has 112 valence electrons. The first-order valence-electron chi connectivity index (χ1n) is 7.05. The Morgan fingerprint density at radius 2 is 2.20 bits per heavy atom. The Morgan fingerprint density at radius 3 is 2.90 bits per heavy atom. The number of hydrogen-bond acceptors (Lipinski definition) is 3. The summed E-state index contributed by atoms with van der Waals surface area (Å²) in [7, 11) is 0. The Balaban J connectivity index is 2.37. The number of amides is 2. The number of carbonyl (C=O) groups is 1. The number of thioether (sulfide) groups is 1. The number of nitrogens with one attached hydrogen (secondary N) is 2. The van der Waals surface area contributed by atoms with Crippen LogP contribution in [0.4, 0.5) is 10.5 Å². The summed E-state index contributed by atoms with van der Waals surface area (Å²) in [6.07, 6.45) is 0.946. The number of carbonyl (C=O) groups excluding carboxylic acids is 1. The second-order valence-corrected chi connectivity index (χ2v) is 5.84. The highest BCUT2D eigenvalue weighted by atomic mass is 32.2. The molecule has 0 bridgehead atoms. The minimum absolute atomic E-state index is 0.228. The third-order valence-corrected chi connectivity index (χ3v) is 3.84. The fourth-order valence-electron chi connectivity index (χ4n) is 1.69. The lowest BCUT2D eigenvalue weighted by atomic mass is 10.2. The average molecular weight is 296 g/mol. The molecule has 0 fully saturated rings. The van der Waals surface area contributed by atoms with Gasteiger partial charge in [-0.1, -0.05) is 26.0 Å². The van der Waals surface area contributed by atoms with Crippen molar-refractivity contribution in [3.05, 3.63) is 29.8 Å². The summed E-state index contributed by atoms with van der Waals surface area (Å²) < 4.78 is 0. The summed E-state index contributed by atoms with van der Waals surface area (Å²) in [5, 5.41) is 15.0. The minimum Gasteiger partial charge on any atom is -0.393 e. The lowest BCUT2D eigenvalue weighted by Gasteiger charge is -2.10. The van der Waals surface area contributed by atoms with Crippen LogP contribution in [0.25, 0.3) is 0 Å². The van der Waals surface area contributed by atoms with Gasteiger partial charge in [-0.2, -0.15) is 11.8 Å². The van der Waals surface area contributed by atoms with E-state index in [4.69, 9.17) is 0 Å². The van der Waals surface area contributed by atoms with E-state index in [0.29, 0.717) is 19.4 Å². The monoisotopic (exact) mass is 296 g/mol. The predicted octanol–water partition coefficient (Wildman–Crippen LogP) is 3.22.